The molecule has 3 aromatic rings. The Hall–Kier alpha value is -4.64. The molecule has 0 bridgehead atoms. The minimum atomic E-state index is -0.549. The molecule has 0 saturated heterocycles. The monoisotopic (exact) mass is 473 g/mol. The summed E-state index contributed by atoms with van der Waals surface area (Å²) in [5.74, 6) is -1.01. The predicted octanol–water partition coefficient (Wildman–Crippen LogP) is 5.10. The average Bonchev–Trinajstić information content (AvgIpc) is 2.83. The molecule has 3 aromatic carbocycles. The molecular weight excluding hydrogens is 449 g/mol. The molecule has 0 aromatic heterocycles. The number of amides is 2. The largest absolute Gasteiger partial charge is 0.490 e. The summed E-state index contributed by atoms with van der Waals surface area (Å²) in [6.07, 6.45) is 1.43. The fourth-order valence-corrected chi connectivity index (χ4v) is 3.13. The van der Waals surface area contributed by atoms with Crippen LogP contribution in [0, 0.1) is 24.1 Å². The fourth-order valence-electron chi connectivity index (χ4n) is 3.13. The summed E-state index contributed by atoms with van der Waals surface area (Å²) in [5.41, 5.74) is 2.06. The maximum absolute atomic E-state index is 13.7. The lowest BCUT2D eigenvalue weighted by Gasteiger charge is -2.13. The van der Waals surface area contributed by atoms with E-state index in [4.69, 9.17) is 9.47 Å². The molecule has 0 heterocycles. The smallest absolute Gasteiger partial charge is 0.266 e. The molecule has 0 atom stereocenters. The highest BCUT2D eigenvalue weighted by Gasteiger charge is 2.13. The Morgan fingerprint density at radius 2 is 1.80 bits per heavy atom. The van der Waals surface area contributed by atoms with Gasteiger partial charge in [0, 0.05) is 5.69 Å². The van der Waals surface area contributed by atoms with Crippen molar-refractivity contribution in [2.24, 2.45) is 0 Å². The van der Waals surface area contributed by atoms with Gasteiger partial charge >= 0.3 is 0 Å². The lowest BCUT2D eigenvalue weighted by atomic mass is 10.1. The highest BCUT2D eigenvalue weighted by molar-refractivity contribution is 6.09. The third kappa shape index (κ3) is 7.17. The van der Waals surface area contributed by atoms with E-state index >= 15 is 0 Å². The number of ether oxygens (including phenoxy) is 2. The standard InChI is InChI=1S/C27H24FN3O4/c1-3-34-25-15-19(14-20(16-29)27(33)30-21-8-6-7-18(2)13-21)11-12-24(25)35-17-26(32)31-23-10-5-4-9-22(23)28/h4-15H,3,17H2,1-2H3,(H,30,33)(H,31,32)/b20-14+. The minimum absolute atomic E-state index is 0.0552. The molecule has 35 heavy (non-hydrogen) atoms. The van der Waals surface area contributed by atoms with Gasteiger partial charge in [0.05, 0.1) is 12.3 Å². The molecule has 0 aliphatic carbocycles. The molecular formula is C27H24FN3O4. The molecule has 3 rings (SSSR count). The van der Waals surface area contributed by atoms with Crippen LogP contribution in [-0.4, -0.2) is 25.0 Å². The zero-order valence-electron chi connectivity index (χ0n) is 19.3. The number of hydrogen-bond acceptors (Lipinski definition) is 5. The van der Waals surface area contributed by atoms with Crippen LogP contribution in [0.3, 0.4) is 0 Å². The van der Waals surface area contributed by atoms with E-state index < -0.39 is 17.6 Å². The van der Waals surface area contributed by atoms with Gasteiger partial charge in [0.2, 0.25) is 0 Å². The molecule has 0 aliphatic rings. The maximum Gasteiger partial charge on any atom is 0.266 e. The van der Waals surface area contributed by atoms with Crippen LogP contribution >= 0.6 is 0 Å². The molecule has 2 N–H and O–H groups in total. The number of benzene rings is 3. The van der Waals surface area contributed by atoms with Crippen molar-refractivity contribution in [2.45, 2.75) is 13.8 Å². The summed E-state index contributed by atoms with van der Waals surface area (Å²) in [4.78, 5) is 24.7. The number of nitrogens with zero attached hydrogens (tertiary/aromatic N) is 1. The number of hydrogen-bond donors (Lipinski definition) is 2. The van der Waals surface area contributed by atoms with Gasteiger partial charge in [-0.05, 0) is 67.4 Å². The van der Waals surface area contributed by atoms with Crippen molar-refractivity contribution in [2.75, 3.05) is 23.8 Å². The molecule has 0 aliphatic heterocycles. The van der Waals surface area contributed by atoms with E-state index in [0.29, 0.717) is 23.6 Å². The van der Waals surface area contributed by atoms with Gasteiger partial charge in [-0.25, -0.2) is 4.39 Å². The number of carbonyl (C=O) groups is 2. The van der Waals surface area contributed by atoms with Gasteiger partial charge in [0.15, 0.2) is 18.1 Å². The predicted molar refractivity (Wildman–Crippen MR) is 132 cm³/mol. The summed E-state index contributed by atoms with van der Waals surface area (Å²) < 4.78 is 24.9. The van der Waals surface area contributed by atoms with E-state index in [2.05, 4.69) is 10.6 Å². The van der Waals surface area contributed by atoms with Gasteiger partial charge in [-0.15, -0.1) is 0 Å². The molecule has 0 radical (unpaired) electrons. The van der Waals surface area contributed by atoms with Crippen LogP contribution in [0.2, 0.25) is 0 Å². The highest BCUT2D eigenvalue weighted by atomic mass is 19.1. The Morgan fingerprint density at radius 1 is 1.00 bits per heavy atom. The number of para-hydroxylation sites is 1. The van der Waals surface area contributed by atoms with E-state index in [9.17, 15) is 19.2 Å². The number of nitrogens with one attached hydrogen (secondary N) is 2. The Bertz CT molecular complexity index is 1300. The SMILES string of the molecule is CCOc1cc(/C=C(\C#N)C(=O)Nc2cccc(C)c2)ccc1OCC(=O)Nc1ccccc1F. The molecule has 7 nitrogen and oxygen atoms in total. The molecule has 178 valence electrons. The highest BCUT2D eigenvalue weighted by Crippen LogP contribution is 2.29. The van der Waals surface area contributed by atoms with E-state index in [1.165, 1.54) is 24.3 Å². The Morgan fingerprint density at radius 3 is 2.51 bits per heavy atom. The first-order valence-electron chi connectivity index (χ1n) is 10.8. The second-order valence-electron chi connectivity index (χ2n) is 7.45. The van der Waals surface area contributed by atoms with E-state index in [-0.39, 0.29) is 23.6 Å². The number of nitriles is 1. The quantitative estimate of drug-likeness (QED) is 0.333. The van der Waals surface area contributed by atoms with Gasteiger partial charge in [-0.2, -0.15) is 5.26 Å². The van der Waals surface area contributed by atoms with Crippen LogP contribution in [0.25, 0.3) is 6.08 Å². The minimum Gasteiger partial charge on any atom is -0.490 e. The van der Waals surface area contributed by atoms with Crippen LogP contribution in [0.4, 0.5) is 15.8 Å². The third-order valence-electron chi connectivity index (χ3n) is 4.73. The summed E-state index contributed by atoms with van der Waals surface area (Å²) in [7, 11) is 0. The van der Waals surface area contributed by atoms with Crippen molar-refractivity contribution < 1.29 is 23.5 Å². The van der Waals surface area contributed by atoms with Gasteiger partial charge in [0.1, 0.15) is 17.5 Å². The average molecular weight is 474 g/mol. The first-order valence-corrected chi connectivity index (χ1v) is 10.8. The van der Waals surface area contributed by atoms with Crippen molar-refractivity contribution >= 4 is 29.3 Å². The van der Waals surface area contributed by atoms with Crippen LogP contribution in [-0.2, 0) is 9.59 Å². The van der Waals surface area contributed by atoms with Crippen molar-refractivity contribution in [3.8, 4) is 17.6 Å². The van der Waals surface area contributed by atoms with Gasteiger partial charge in [-0.1, -0.05) is 30.3 Å². The van der Waals surface area contributed by atoms with Crippen molar-refractivity contribution in [3.05, 3.63) is 89.2 Å². The number of halogens is 1. The van der Waals surface area contributed by atoms with Gasteiger partial charge < -0.3 is 20.1 Å². The van der Waals surface area contributed by atoms with E-state index in [0.717, 1.165) is 5.56 Å². The van der Waals surface area contributed by atoms with Crippen LogP contribution in [0.5, 0.6) is 11.5 Å². The lowest BCUT2D eigenvalue weighted by Crippen LogP contribution is -2.21. The number of rotatable bonds is 9. The summed E-state index contributed by atoms with van der Waals surface area (Å²) >= 11 is 0. The first-order chi connectivity index (χ1) is 16.9. The van der Waals surface area contributed by atoms with Crippen molar-refractivity contribution in [1.82, 2.24) is 0 Å². The number of anilines is 2. The second-order valence-corrected chi connectivity index (χ2v) is 7.45. The first kappa shape index (κ1) is 25.0. The molecule has 0 fully saturated rings. The second kappa shape index (κ2) is 12.0. The van der Waals surface area contributed by atoms with Gasteiger partial charge in [-0.3, -0.25) is 9.59 Å². The maximum atomic E-state index is 13.7. The topological polar surface area (TPSA) is 100 Å². The number of aryl methyl sites for hydroxylation is 1. The van der Waals surface area contributed by atoms with Crippen LogP contribution in [0.1, 0.15) is 18.1 Å². The normalized spacial score (nSPS) is 10.7. The number of carbonyl (C=O) groups excluding carboxylic acids is 2. The van der Waals surface area contributed by atoms with Gasteiger partial charge in [0.25, 0.3) is 11.8 Å². The zero-order valence-corrected chi connectivity index (χ0v) is 19.3. The van der Waals surface area contributed by atoms with Crippen LogP contribution < -0.4 is 20.1 Å². The lowest BCUT2D eigenvalue weighted by molar-refractivity contribution is -0.118. The third-order valence-corrected chi connectivity index (χ3v) is 4.73. The molecule has 2 amide bonds. The molecule has 0 saturated carbocycles. The van der Waals surface area contributed by atoms with Crippen molar-refractivity contribution in [1.29, 1.82) is 5.26 Å². The molecule has 0 spiro atoms. The zero-order chi connectivity index (χ0) is 25.2. The van der Waals surface area contributed by atoms with E-state index in [1.807, 2.05) is 25.1 Å². The summed E-state index contributed by atoms with van der Waals surface area (Å²) in [5, 5.41) is 14.6. The Kier molecular flexibility index (Phi) is 8.57. The molecule has 8 heteroatoms. The van der Waals surface area contributed by atoms with Crippen molar-refractivity contribution in [3.63, 3.8) is 0 Å². The Balaban J connectivity index is 1.72. The fraction of sp³-hybridized carbons (Fsp3) is 0.148. The van der Waals surface area contributed by atoms with Crippen LogP contribution in [0.15, 0.2) is 72.3 Å². The summed E-state index contributed by atoms with van der Waals surface area (Å²) in [6.45, 7) is 3.64. The summed E-state index contributed by atoms with van der Waals surface area (Å²) in [6, 6.07) is 19.8. The Labute approximate surface area is 202 Å². The molecule has 0 unspecified atom stereocenters. The van der Waals surface area contributed by atoms with E-state index in [1.54, 1.807) is 43.3 Å².